The molecule has 2 heterocycles. The van der Waals surface area contributed by atoms with Gasteiger partial charge in [0.1, 0.15) is 11.6 Å². The number of hydrogen-bond donors (Lipinski definition) is 0. The zero-order valence-corrected chi connectivity index (χ0v) is 15.7. The van der Waals surface area contributed by atoms with Gasteiger partial charge in [0.2, 0.25) is 0 Å². The monoisotopic (exact) mass is 400 g/mol. The second-order valence-corrected chi connectivity index (χ2v) is 7.20. The molecule has 0 spiro atoms. The first-order valence-electron chi connectivity index (χ1n) is 9.01. The number of nitrogens with zero attached hydrogens (tertiary/aromatic N) is 2. The predicted molar refractivity (Wildman–Crippen MR) is 103 cm³/mol. The van der Waals surface area contributed by atoms with Gasteiger partial charge in [0.05, 0.1) is 13.1 Å². The highest BCUT2D eigenvalue weighted by Crippen LogP contribution is 2.32. The first-order chi connectivity index (χ1) is 13.5. The number of rotatable bonds is 6. The molecule has 1 fully saturated rings. The first-order valence-corrected chi connectivity index (χ1v) is 9.39. The maximum absolute atomic E-state index is 14.2. The van der Waals surface area contributed by atoms with Gasteiger partial charge in [-0.05, 0) is 43.2 Å². The molecule has 3 aromatic rings. The number of hydrogen-bond acceptors (Lipinski definition) is 3. The number of amides is 1. The van der Waals surface area contributed by atoms with Crippen molar-refractivity contribution in [2.45, 2.75) is 32.0 Å². The Bertz CT molecular complexity index is 1050. The number of benzene rings is 1. The molecule has 1 saturated carbocycles. The second kappa shape index (κ2) is 7.64. The van der Waals surface area contributed by atoms with Gasteiger partial charge < -0.3 is 13.9 Å². The average molecular weight is 401 g/mol. The summed E-state index contributed by atoms with van der Waals surface area (Å²) in [5.41, 5.74) is 0.146. The van der Waals surface area contributed by atoms with Gasteiger partial charge in [0, 0.05) is 28.9 Å². The molecule has 0 radical (unpaired) electrons. The summed E-state index contributed by atoms with van der Waals surface area (Å²) in [7, 11) is 0. The summed E-state index contributed by atoms with van der Waals surface area (Å²) in [6, 6.07) is 12.7. The molecule has 1 aliphatic carbocycles. The summed E-state index contributed by atoms with van der Waals surface area (Å²) in [6.07, 6.45) is 3.39. The van der Waals surface area contributed by atoms with Crippen LogP contribution in [0.3, 0.4) is 0 Å². The third-order valence-corrected chi connectivity index (χ3v) is 5.09. The maximum atomic E-state index is 14.2. The molecule has 0 atom stereocenters. The molecule has 0 unspecified atom stereocenters. The van der Waals surface area contributed by atoms with Crippen LogP contribution in [-0.4, -0.2) is 21.4 Å². The van der Waals surface area contributed by atoms with Crippen molar-refractivity contribution in [1.82, 2.24) is 9.47 Å². The molecule has 0 saturated heterocycles. The van der Waals surface area contributed by atoms with E-state index in [1.54, 1.807) is 41.4 Å². The Morgan fingerprint density at radius 3 is 2.71 bits per heavy atom. The normalized spacial score (nSPS) is 13.5. The van der Waals surface area contributed by atoms with Gasteiger partial charge in [0.25, 0.3) is 11.5 Å². The Labute approximate surface area is 166 Å². The van der Waals surface area contributed by atoms with Crippen molar-refractivity contribution in [3.05, 3.63) is 93.0 Å². The number of halogens is 2. The standard InChI is InChI=1S/C21H18ClFN2O3/c22-17-4-3-5-18(23)16(17)13-25(14-7-8-14)21(27)19-10-9-15(28-19)12-24-11-2-1-6-20(24)26/h1-6,9-11,14H,7-8,12-13H2. The van der Waals surface area contributed by atoms with Crippen LogP contribution in [0.1, 0.15) is 34.7 Å². The van der Waals surface area contributed by atoms with Crippen LogP contribution in [-0.2, 0) is 13.1 Å². The van der Waals surface area contributed by atoms with Gasteiger partial charge >= 0.3 is 0 Å². The molecule has 144 valence electrons. The molecule has 0 aliphatic heterocycles. The van der Waals surface area contributed by atoms with Crippen LogP contribution < -0.4 is 5.56 Å². The van der Waals surface area contributed by atoms with E-state index >= 15 is 0 Å². The van der Waals surface area contributed by atoms with E-state index in [0.717, 1.165) is 12.8 Å². The fourth-order valence-corrected chi connectivity index (χ4v) is 3.31. The van der Waals surface area contributed by atoms with Crippen LogP contribution in [0.25, 0.3) is 0 Å². The highest BCUT2D eigenvalue weighted by molar-refractivity contribution is 6.31. The Balaban J connectivity index is 1.55. The molecular weight excluding hydrogens is 383 g/mol. The van der Waals surface area contributed by atoms with Crippen LogP contribution in [0.2, 0.25) is 5.02 Å². The Morgan fingerprint density at radius 2 is 2.00 bits per heavy atom. The van der Waals surface area contributed by atoms with Crippen molar-refractivity contribution >= 4 is 17.5 Å². The summed E-state index contributed by atoms with van der Waals surface area (Å²) < 4.78 is 21.3. The van der Waals surface area contributed by atoms with Crippen LogP contribution in [0, 0.1) is 5.82 Å². The van der Waals surface area contributed by atoms with E-state index in [1.165, 1.54) is 22.8 Å². The molecular formula is C21H18ClFN2O3. The van der Waals surface area contributed by atoms with Gasteiger partial charge in [-0.1, -0.05) is 23.7 Å². The van der Waals surface area contributed by atoms with E-state index in [0.29, 0.717) is 16.3 Å². The third kappa shape index (κ3) is 3.87. The largest absolute Gasteiger partial charge is 0.454 e. The molecule has 1 aliphatic rings. The summed E-state index contributed by atoms with van der Waals surface area (Å²) in [5.74, 6) is -0.0855. The summed E-state index contributed by atoms with van der Waals surface area (Å²) in [6.45, 7) is 0.318. The summed E-state index contributed by atoms with van der Waals surface area (Å²) >= 11 is 6.12. The lowest BCUT2D eigenvalue weighted by molar-refractivity contribution is 0.0693. The van der Waals surface area contributed by atoms with Gasteiger partial charge in [-0.25, -0.2) is 4.39 Å². The summed E-state index contributed by atoms with van der Waals surface area (Å²) in [5, 5.41) is 0.294. The quantitative estimate of drug-likeness (QED) is 0.626. The minimum absolute atomic E-state index is 0.0495. The van der Waals surface area contributed by atoms with Gasteiger partial charge in [0.15, 0.2) is 5.76 Å². The number of pyridine rings is 1. The van der Waals surface area contributed by atoms with Crippen molar-refractivity contribution in [2.24, 2.45) is 0 Å². The molecule has 7 heteroatoms. The SMILES string of the molecule is O=C(c1ccc(Cn2ccccc2=O)o1)N(Cc1c(F)cccc1Cl)C1CC1. The molecule has 0 N–H and O–H groups in total. The van der Waals surface area contributed by atoms with Crippen LogP contribution in [0.5, 0.6) is 0 Å². The second-order valence-electron chi connectivity index (χ2n) is 6.80. The lowest BCUT2D eigenvalue weighted by Crippen LogP contribution is -2.32. The molecule has 1 amide bonds. The van der Waals surface area contributed by atoms with Gasteiger partial charge in [-0.15, -0.1) is 0 Å². The maximum Gasteiger partial charge on any atom is 0.290 e. The molecule has 5 nitrogen and oxygen atoms in total. The average Bonchev–Trinajstić information content (AvgIpc) is 3.41. The minimum Gasteiger partial charge on any atom is -0.454 e. The molecule has 0 bridgehead atoms. The number of carbonyl (C=O) groups excluding carboxylic acids is 1. The highest BCUT2D eigenvalue weighted by atomic mass is 35.5. The number of carbonyl (C=O) groups is 1. The third-order valence-electron chi connectivity index (χ3n) is 4.74. The topological polar surface area (TPSA) is 55.5 Å². The van der Waals surface area contributed by atoms with Crippen LogP contribution in [0.15, 0.2) is 63.9 Å². The Hall–Kier alpha value is -2.86. The predicted octanol–water partition coefficient (Wildman–Crippen LogP) is 4.09. The van der Waals surface area contributed by atoms with Crippen molar-refractivity contribution < 1.29 is 13.6 Å². The first kappa shape index (κ1) is 18.5. The highest BCUT2D eigenvalue weighted by Gasteiger charge is 2.35. The lowest BCUT2D eigenvalue weighted by Gasteiger charge is -2.22. The van der Waals surface area contributed by atoms with Crippen molar-refractivity contribution in [2.75, 3.05) is 0 Å². The van der Waals surface area contributed by atoms with E-state index in [4.69, 9.17) is 16.0 Å². The van der Waals surface area contributed by atoms with Gasteiger partial charge in [-0.3, -0.25) is 9.59 Å². The van der Waals surface area contributed by atoms with Crippen molar-refractivity contribution in [3.63, 3.8) is 0 Å². The lowest BCUT2D eigenvalue weighted by atomic mass is 10.2. The fourth-order valence-electron chi connectivity index (χ4n) is 3.09. The number of furan rings is 1. The van der Waals surface area contributed by atoms with Crippen LogP contribution in [0.4, 0.5) is 4.39 Å². The Morgan fingerprint density at radius 1 is 1.18 bits per heavy atom. The zero-order chi connectivity index (χ0) is 19.7. The molecule has 4 rings (SSSR count). The minimum atomic E-state index is -0.436. The van der Waals surface area contributed by atoms with E-state index in [-0.39, 0.29) is 36.4 Å². The summed E-state index contributed by atoms with van der Waals surface area (Å²) in [4.78, 5) is 26.4. The van der Waals surface area contributed by atoms with E-state index in [1.807, 2.05) is 0 Å². The Kier molecular flexibility index (Phi) is 5.05. The van der Waals surface area contributed by atoms with Gasteiger partial charge in [-0.2, -0.15) is 0 Å². The fraction of sp³-hybridized carbons (Fsp3) is 0.238. The van der Waals surface area contributed by atoms with Crippen molar-refractivity contribution in [3.8, 4) is 0 Å². The molecule has 2 aromatic heterocycles. The van der Waals surface area contributed by atoms with E-state index < -0.39 is 5.82 Å². The molecule has 28 heavy (non-hydrogen) atoms. The van der Waals surface area contributed by atoms with E-state index in [2.05, 4.69) is 0 Å². The van der Waals surface area contributed by atoms with Crippen molar-refractivity contribution in [1.29, 1.82) is 0 Å². The van der Waals surface area contributed by atoms with Crippen LogP contribution >= 0.6 is 11.6 Å². The zero-order valence-electron chi connectivity index (χ0n) is 15.0. The van der Waals surface area contributed by atoms with E-state index in [9.17, 15) is 14.0 Å². The number of aromatic nitrogens is 1. The smallest absolute Gasteiger partial charge is 0.290 e. The molecule has 1 aromatic carbocycles.